The van der Waals surface area contributed by atoms with Crippen LogP contribution in [-0.4, -0.2) is 47.4 Å². The molecule has 1 aliphatic rings. The van der Waals surface area contributed by atoms with E-state index in [1.807, 2.05) is 13.8 Å². The number of benzene rings is 1. The summed E-state index contributed by atoms with van der Waals surface area (Å²) in [7, 11) is 0. The first-order chi connectivity index (χ1) is 12.2. The molecule has 2 rings (SSSR count). The summed E-state index contributed by atoms with van der Waals surface area (Å²) in [5.74, 6) is -0.143. The van der Waals surface area contributed by atoms with Crippen LogP contribution in [0.4, 0.5) is 10.5 Å². The summed E-state index contributed by atoms with van der Waals surface area (Å²) >= 11 is 0. The molecule has 1 heterocycles. The Morgan fingerprint density at radius 1 is 1.31 bits per heavy atom. The van der Waals surface area contributed by atoms with Crippen LogP contribution >= 0.6 is 0 Å². The van der Waals surface area contributed by atoms with Crippen LogP contribution in [0, 0.1) is 15.5 Å². The molecule has 0 saturated carbocycles. The summed E-state index contributed by atoms with van der Waals surface area (Å²) in [5.41, 5.74) is 6.64. The van der Waals surface area contributed by atoms with E-state index in [1.165, 1.54) is 12.1 Å². The number of nitrogens with two attached hydrogens (primary N) is 1. The fourth-order valence-corrected chi connectivity index (χ4v) is 2.83. The van der Waals surface area contributed by atoms with Crippen molar-refractivity contribution in [2.75, 3.05) is 19.6 Å². The van der Waals surface area contributed by atoms with E-state index in [0.29, 0.717) is 13.1 Å². The predicted octanol–water partition coefficient (Wildman–Crippen LogP) is 0.980. The van der Waals surface area contributed by atoms with E-state index in [2.05, 4.69) is 10.6 Å². The van der Waals surface area contributed by atoms with Crippen molar-refractivity contribution in [1.29, 1.82) is 0 Å². The van der Waals surface area contributed by atoms with Gasteiger partial charge in [0, 0.05) is 37.8 Å². The highest BCUT2D eigenvalue weighted by Crippen LogP contribution is 2.27. The minimum atomic E-state index is -0.482. The average molecular weight is 363 g/mol. The van der Waals surface area contributed by atoms with E-state index in [-0.39, 0.29) is 36.1 Å². The zero-order valence-corrected chi connectivity index (χ0v) is 15.0. The largest absolute Gasteiger partial charge is 0.341 e. The molecule has 9 nitrogen and oxygen atoms in total. The molecule has 1 saturated heterocycles. The molecule has 26 heavy (non-hydrogen) atoms. The van der Waals surface area contributed by atoms with Crippen LogP contribution in [0.25, 0.3) is 0 Å². The van der Waals surface area contributed by atoms with Gasteiger partial charge >= 0.3 is 6.03 Å². The van der Waals surface area contributed by atoms with Crippen LogP contribution in [0.3, 0.4) is 0 Å². The zero-order chi connectivity index (χ0) is 19.3. The topological polar surface area (TPSA) is 131 Å². The van der Waals surface area contributed by atoms with E-state index < -0.39 is 11.0 Å². The van der Waals surface area contributed by atoms with Gasteiger partial charge in [-0.05, 0) is 17.4 Å². The Bertz CT molecular complexity index is 674. The van der Waals surface area contributed by atoms with Crippen LogP contribution in [0.1, 0.15) is 25.8 Å². The highest BCUT2D eigenvalue weighted by Gasteiger charge is 2.35. The third kappa shape index (κ3) is 5.16. The van der Waals surface area contributed by atoms with Crippen molar-refractivity contribution in [1.82, 2.24) is 15.5 Å². The first-order valence-electron chi connectivity index (χ1n) is 8.47. The molecule has 1 unspecified atom stereocenters. The van der Waals surface area contributed by atoms with Gasteiger partial charge in [-0.1, -0.05) is 26.0 Å². The second-order valence-electron chi connectivity index (χ2n) is 7.16. The molecule has 0 bridgehead atoms. The van der Waals surface area contributed by atoms with E-state index in [9.17, 15) is 19.7 Å². The Morgan fingerprint density at radius 2 is 1.96 bits per heavy atom. The van der Waals surface area contributed by atoms with Gasteiger partial charge in [0.25, 0.3) is 5.69 Å². The fraction of sp³-hybridized carbons (Fsp3) is 0.529. The van der Waals surface area contributed by atoms with Crippen molar-refractivity contribution in [3.63, 3.8) is 0 Å². The first-order valence-corrected chi connectivity index (χ1v) is 8.47. The number of urea groups is 1. The molecule has 1 atom stereocenters. The van der Waals surface area contributed by atoms with Gasteiger partial charge in [0.1, 0.15) is 0 Å². The van der Waals surface area contributed by atoms with Crippen LogP contribution in [0.2, 0.25) is 0 Å². The van der Waals surface area contributed by atoms with Gasteiger partial charge in [0.05, 0.1) is 11.5 Å². The summed E-state index contributed by atoms with van der Waals surface area (Å²) in [6, 6.07) is 5.49. The Labute approximate surface area is 152 Å². The van der Waals surface area contributed by atoms with Crippen molar-refractivity contribution >= 4 is 17.6 Å². The Kier molecular flexibility index (Phi) is 6.14. The van der Waals surface area contributed by atoms with Crippen LogP contribution in [0.15, 0.2) is 24.3 Å². The number of nitrogens with zero attached hydrogens (tertiary/aromatic N) is 2. The lowest BCUT2D eigenvalue weighted by Gasteiger charge is -2.42. The molecule has 0 spiro atoms. The van der Waals surface area contributed by atoms with Gasteiger partial charge in [-0.2, -0.15) is 0 Å². The lowest BCUT2D eigenvalue weighted by Crippen LogP contribution is -2.55. The summed E-state index contributed by atoms with van der Waals surface area (Å²) in [6.45, 7) is 5.35. The smallest absolute Gasteiger partial charge is 0.315 e. The maximum absolute atomic E-state index is 12.3. The van der Waals surface area contributed by atoms with Crippen molar-refractivity contribution < 1.29 is 14.5 Å². The zero-order valence-electron chi connectivity index (χ0n) is 15.0. The van der Waals surface area contributed by atoms with Crippen molar-refractivity contribution in [2.45, 2.75) is 32.9 Å². The molecule has 3 amide bonds. The summed E-state index contributed by atoms with van der Waals surface area (Å²) in [6.07, 6.45) is 0.741. The monoisotopic (exact) mass is 363 g/mol. The SMILES string of the molecule is CC1(C)CN(C(=O)CNC(=O)NCc2ccc([N+](=O)[O-])cc2)CCC1N. The normalized spacial score (nSPS) is 18.9. The lowest BCUT2D eigenvalue weighted by atomic mass is 9.80. The van der Waals surface area contributed by atoms with E-state index >= 15 is 0 Å². The van der Waals surface area contributed by atoms with Crippen molar-refractivity contribution in [3.05, 3.63) is 39.9 Å². The van der Waals surface area contributed by atoms with Gasteiger partial charge in [-0.3, -0.25) is 14.9 Å². The third-order valence-corrected chi connectivity index (χ3v) is 4.67. The number of nitro groups is 1. The van der Waals surface area contributed by atoms with E-state index in [0.717, 1.165) is 12.0 Å². The van der Waals surface area contributed by atoms with Gasteiger partial charge in [-0.25, -0.2) is 4.79 Å². The molecule has 0 aliphatic carbocycles. The first kappa shape index (κ1) is 19.6. The molecule has 1 aliphatic heterocycles. The summed E-state index contributed by atoms with van der Waals surface area (Å²) < 4.78 is 0. The number of amides is 3. The van der Waals surface area contributed by atoms with Gasteiger partial charge in [-0.15, -0.1) is 0 Å². The second-order valence-corrected chi connectivity index (χ2v) is 7.16. The number of non-ortho nitro benzene ring substituents is 1. The van der Waals surface area contributed by atoms with Gasteiger partial charge in [0.15, 0.2) is 0 Å². The molecular weight excluding hydrogens is 338 g/mol. The number of hydrogen-bond donors (Lipinski definition) is 3. The van der Waals surface area contributed by atoms with Crippen LogP contribution < -0.4 is 16.4 Å². The number of hydrogen-bond acceptors (Lipinski definition) is 5. The van der Waals surface area contributed by atoms with Crippen LogP contribution in [0.5, 0.6) is 0 Å². The standard InChI is InChI=1S/C17H25N5O4/c1-17(2)11-21(8-7-14(17)18)15(23)10-20-16(24)19-9-12-3-5-13(6-4-12)22(25)26/h3-6,14H,7-11,18H2,1-2H3,(H2,19,20,24). The molecule has 4 N–H and O–H groups in total. The van der Waals surface area contributed by atoms with E-state index in [1.54, 1.807) is 17.0 Å². The number of likely N-dealkylation sites (tertiary alicyclic amines) is 1. The molecule has 0 radical (unpaired) electrons. The van der Waals surface area contributed by atoms with Crippen molar-refractivity contribution in [2.24, 2.45) is 11.1 Å². The predicted molar refractivity (Wildman–Crippen MR) is 96.3 cm³/mol. The number of carbonyl (C=O) groups excluding carboxylic acids is 2. The maximum atomic E-state index is 12.3. The number of carbonyl (C=O) groups is 2. The molecular formula is C17H25N5O4. The van der Waals surface area contributed by atoms with Crippen molar-refractivity contribution in [3.8, 4) is 0 Å². The number of rotatable bonds is 5. The quantitative estimate of drug-likeness (QED) is 0.530. The highest BCUT2D eigenvalue weighted by atomic mass is 16.6. The van der Waals surface area contributed by atoms with E-state index in [4.69, 9.17) is 5.73 Å². The Morgan fingerprint density at radius 3 is 2.54 bits per heavy atom. The highest BCUT2D eigenvalue weighted by molar-refractivity contribution is 5.84. The molecule has 0 aromatic heterocycles. The lowest BCUT2D eigenvalue weighted by molar-refractivity contribution is -0.384. The second kappa shape index (κ2) is 8.13. The summed E-state index contributed by atoms with van der Waals surface area (Å²) in [4.78, 5) is 35.9. The number of nitrogens with one attached hydrogen (secondary N) is 2. The molecule has 9 heteroatoms. The Hall–Kier alpha value is -2.68. The van der Waals surface area contributed by atoms with Gasteiger partial charge in [0.2, 0.25) is 5.91 Å². The fourth-order valence-electron chi connectivity index (χ4n) is 2.83. The maximum Gasteiger partial charge on any atom is 0.315 e. The minimum absolute atomic E-state index is 0.00651. The third-order valence-electron chi connectivity index (χ3n) is 4.67. The van der Waals surface area contributed by atoms with Crippen LogP contribution in [-0.2, 0) is 11.3 Å². The number of nitro benzene ring substituents is 1. The molecule has 1 aromatic carbocycles. The number of piperidine rings is 1. The summed E-state index contributed by atoms with van der Waals surface area (Å²) in [5, 5.41) is 15.8. The molecule has 1 fully saturated rings. The Balaban J connectivity index is 1.74. The molecule has 1 aromatic rings. The van der Waals surface area contributed by atoms with Gasteiger partial charge < -0.3 is 21.3 Å². The minimum Gasteiger partial charge on any atom is -0.341 e. The average Bonchev–Trinajstić information content (AvgIpc) is 2.60. The molecule has 142 valence electrons.